The summed E-state index contributed by atoms with van der Waals surface area (Å²) in [5, 5.41) is 12.5. The molecule has 1 heterocycles. The van der Waals surface area contributed by atoms with Crippen LogP contribution in [0.5, 0.6) is 5.75 Å². The zero-order valence-corrected chi connectivity index (χ0v) is 11.7. The first kappa shape index (κ1) is 14.2. The molecule has 2 N–H and O–H groups in total. The Morgan fingerprint density at radius 2 is 2.05 bits per heavy atom. The first-order valence-corrected chi connectivity index (χ1v) is 6.69. The summed E-state index contributed by atoms with van der Waals surface area (Å²) in [5.41, 5.74) is 0.782. The van der Waals surface area contributed by atoms with Gasteiger partial charge in [0.25, 0.3) is 0 Å². The van der Waals surface area contributed by atoms with Gasteiger partial charge in [-0.15, -0.1) is 0 Å². The molecule has 1 atom stereocenters. The number of phenols is 1. The van der Waals surface area contributed by atoms with Crippen molar-refractivity contribution in [3.05, 3.63) is 53.5 Å². The van der Waals surface area contributed by atoms with Crippen molar-refractivity contribution in [3.63, 3.8) is 0 Å². The molecular formula is C16H19NO3. The predicted molar refractivity (Wildman–Crippen MR) is 76.4 cm³/mol. The van der Waals surface area contributed by atoms with Crippen LogP contribution in [0.3, 0.4) is 0 Å². The fourth-order valence-corrected chi connectivity index (χ4v) is 2.04. The van der Waals surface area contributed by atoms with Crippen molar-refractivity contribution < 1.29 is 14.3 Å². The number of hydrogen-bond acceptors (Lipinski definition) is 3. The number of rotatable bonds is 5. The van der Waals surface area contributed by atoms with Crippen LogP contribution in [0.4, 0.5) is 0 Å². The number of furan rings is 1. The van der Waals surface area contributed by atoms with Crippen LogP contribution in [0, 0.1) is 6.92 Å². The minimum atomic E-state index is -0.152. The smallest absolute Gasteiger partial charge is 0.220 e. The molecule has 1 amide bonds. The molecule has 0 aliphatic rings. The summed E-state index contributed by atoms with van der Waals surface area (Å²) in [6.07, 6.45) is 0.851. The molecule has 0 saturated carbocycles. The largest absolute Gasteiger partial charge is 0.508 e. The summed E-state index contributed by atoms with van der Waals surface area (Å²) >= 11 is 0. The van der Waals surface area contributed by atoms with Crippen LogP contribution in [-0.2, 0) is 11.2 Å². The standard InChI is InChI=1S/C16H19NO3/c1-11-7-9-15(20-11)12(2)17-16(19)10-8-13-5-3-4-6-14(13)18/h3-7,9,12,18H,8,10H2,1-2H3,(H,17,19)/t12-/m1/s1. The van der Waals surface area contributed by atoms with E-state index in [1.165, 1.54) is 0 Å². The van der Waals surface area contributed by atoms with Gasteiger partial charge in [-0.05, 0) is 44.0 Å². The number of aromatic hydroxyl groups is 1. The first-order chi connectivity index (χ1) is 9.56. The van der Waals surface area contributed by atoms with Crippen molar-refractivity contribution >= 4 is 5.91 Å². The maximum Gasteiger partial charge on any atom is 0.220 e. The van der Waals surface area contributed by atoms with E-state index in [2.05, 4.69) is 5.32 Å². The van der Waals surface area contributed by atoms with Crippen molar-refractivity contribution in [2.45, 2.75) is 32.7 Å². The highest BCUT2D eigenvalue weighted by Gasteiger charge is 2.13. The highest BCUT2D eigenvalue weighted by Crippen LogP contribution is 2.18. The third-order valence-corrected chi connectivity index (χ3v) is 3.18. The topological polar surface area (TPSA) is 62.5 Å². The minimum absolute atomic E-state index is 0.0604. The minimum Gasteiger partial charge on any atom is -0.508 e. The molecule has 0 spiro atoms. The van der Waals surface area contributed by atoms with Crippen LogP contribution in [-0.4, -0.2) is 11.0 Å². The SMILES string of the molecule is Cc1ccc([C@@H](C)NC(=O)CCc2ccccc2O)o1. The highest BCUT2D eigenvalue weighted by molar-refractivity contribution is 5.76. The number of carbonyl (C=O) groups is 1. The quantitative estimate of drug-likeness (QED) is 0.880. The summed E-state index contributed by atoms with van der Waals surface area (Å²) in [7, 11) is 0. The lowest BCUT2D eigenvalue weighted by Gasteiger charge is -2.11. The molecule has 2 rings (SSSR count). The van der Waals surface area contributed by atoms with Gasteiger partial charge in [0.05, 0.1) is 6.04 Å². The van der Waals surface area contributed by atoms with Crippen molar-refractivity contribution in [1.82, 2.24) is 5.32 Å². The van der Waals surface area contributed by atoms with E-state index in [4.69, 9.17) is 4.42 Å². The Bertz CT molecular complexity index is 589. The molecular weight excluding hydrogens is 254 g/mol. The molecule has 0 aliphatic heterocycles. The summed E-state index contributed by atoms with van der Waals surface area (Å²) in [5.74, 6) is 1.75. The Hall–Kier alpha value is -2.23. The van der Waals surface area contributed by atoms with Gasteiger partial charge in [0.15, 0.2) is 0 Å². The van der Waals surface area contributed by atoms with E-state index in [1.807, 2.05) is 38.1 Å². The molecule has 1 aromatic carbocycles. The van der Waals surface area contributed by atoms with E-state index in [1.54, 1.807) is 12.1 Å². The van der Waals surface area contributed by atoms with Gasteiger partial charge in [0.2, 0.25) is 5.91 Å². The highest BCUT2D eigenvalue weighted by atomic mass is 16.3. The second kappa shape index (κ2) is 6.28. The first-order valence-electron chi connectivity index (χ1n) is 6.69. The number of amides is 1. The molecule has 1 aromatic heterocycles. The zero-order chi connectivity index (χ0) is 14.5. The van der Waals surface area contributed by atoms with E-state index in [0.29, 0.717) is 12.8 Å². The molecule has 0 fully saturated rings. The maximum atomic E-state index is 11.9. The normalized spacial score (nSPS) is 12.1. The summed E-state index contributed by atoms with van der Waals surface area (Å²) in [4.78, 5) is 11.9. The number of benzene rings is 1. The van der Waals surface area contributed by atoms with Crippen molar-refractivity contribution in [2.24, 2.45) is 0 Å². The third-order valence-electron chi connectivity index (χ3n) is 3.18. The van der Waals surface area contributed by atoms with E-state index >= 15 is 0 Å². The van der Waals surface area contributed by atoms with Gasteiger partial charge in [-0.3, -0.25) is 4.79 Å². The average molecular weight is 273 g/mol. The summed E-state index contributed by atoms with van der Waals surface area (Å²) in [6.45, 7) is 3.76. The molecule has 4 nitrogen and oxygen atoms in total. The second-order valence-corrected chi connectivity index (χ2v) is 4.87. The zero-order valence-electron chi connectivity index (χ0n) is 11.7. The summed E-state index contributed by atoms with van der Waals surface area (Å²) in [6, 6.07) is 10.6. The van der Waals surface area contributed by atoms with Crippen LogP contribution in [0.2, 0.25) is 0 Å². The Kier molecular flexibility index (Phi) is 4.45. The number of carbonyl (C=O) groups excluding carboxylic acids is 1. The molecule has 0 aliphatic carbocycles. The van der Waals surface area contributed by atoms with Gasteiger partial charge in [0.1, 0.15) is 17.3 Å². The van der Waals surface area contributed by atoms with Gasteiger partial charge >= 0.3 is 0 Å². The van der Waals surface area contributed by atoms with Crippen LogP contribution in [0.15, 0.2) is 40.8 Å². The summed E-state index contributed by atoms with van der Waals surface area (Å²) < 4.78 is 5.47. The van der Waals surface area contributed by atoms with Gasteiger partial charge < -0.3 is 14.8 Å². The maximum absolute atomic E-state index is 11.9. The molecule has 0 radical (unpaired) electrons. The van der Waals surface area contributed by atoms with Crippen LogP contribution in [0.1, 0.15) is 36.5 Å². The van der Waals surface area contributed by atoms with Gasteiger partial charge in [0, 0.05) is 6.42 Å². The van der Waals surface area contributed by atoms with Crippen molar-refractivity contribution in [2.75, 3.05) is 0 Å². The Labute approximate surface area is 118 Å². The van der Waals surface area contributed by atoms with Crippen molar-refractivity contribution in [3.8, 4) is 5.75 Å². The number of hydrogen-bond donors (Lipinski definition) is 2. The number of aryl methyl sites for hydroxylation is 2. The lowest BCUT2D eigenvalue weighted by atomic mass is 10.1. The molecule has 20 heavy (non-hydrogen) atoms. The number of nitrogens with one attached hydrogen (secondary N) is 1. The van der Waals surface area contributed by atoms with E-state index in [0.717, 1.165) is 17.1 Å². The monoisotopic (exact) mass is 273 g/mol. The van der Waals surface area contributed by atoms with Crippen LogP contribution >= 0.6 is 0 Å². The van der Waals surface area contributed by atoms with Gasteiger partial charge in [-0.1, -0.05) is 18.2 Å². The molecule has 0 saturated heterocycles. The lowest BCUT2D eigenvalue weighted by Crippen LogP contribution is -2.26. The van der Waals surface area contributed by atoms with Gasteiger partial charge in [-0.2, -0.15) is 0 Å². The van der Waals surface area contributed by atoms with E-state index in [-0.39, 0.29) is 17.7 Å². The Balaban J connectivity index is 1.85. The fourth-order valence-electron chi connectivity index (χ4n) is 2.04. The lowest BCUT2D eigenvalue weighted by molar-refractivity contribution is -0.121. The number of para-hydroxylation sites is 1. The van der Waals surface area contributed by atoms with Crippen molar-refractivity contribution in [1.29, 1.82) is 0 Å². The third kappa shape index (κ3) is 3.63. The Morgan fingerprint density at radius 1 is 1.30 bits per heavy atom. The predicted octanol–water partition coefficient (Wildman–Crippen LogP) is 3.10. The van der Waals surface area contributed by atoms with Crippen LogP contribution in [0.25, 0.3) is 0 Å². The molecule has 2 aromatic rings. The van der Waals surface area contributed by atoms with E-state index in [9.17, 15) is 9.90 Å². The molecule has 106 valence electrons. The number of phenolic OH excluding ortho intramolecular Hbond substituents is 1. The fraction of sp³-hybridized carbons (Fsp3) is 0.312. The van der Waals surface area contributed by atoms with Gasteiger partial charge in [-0.25, -0.2) is 0 Å². The van der Waals surface area contributed by atoms with E-state index < -0.39 is 0 Å². The molecule has 0 unspecified atom stereocenters. The molecule has 0 bridgehead atoms. The van der Waals surface area contributed by atoms with Crippen LogP contribution < -0.4 is 5.32 Å². The average Bonchev–Trinajstić information content (AvgIpc) is 2.84. The second-order valence-electron chi connectivity index (χ2n) is 4.87. The molecule has 4 heteroatoms. The Morgan fingerprint density at radius 3 is 2.70 bits per heavy atom.